The van der Waals surface area contributed by atoms with E-state index in [0.29, 0.717) is 0 Å². The first kappa shape index (κ1) is 18.7. The van der Waals surface area contributed by atoms with Crippen LogP contribution < -0.4 is 0 Å². The van der Waals surface area contributed by atoms with Gasteiger partial charge in [-0.3, -0.25) is 9.11 Å². The van der Waals surface area contributed by atoms with Gasteiger partial charge in [-0.2, -0.15) is 8.42 Å². The predicted octanol–water partition coefficient (Wildman–Crippen LogP) is -4.03. The van der Waals surface area contributed by atoms with E-state index < -0.39 is 41.4 Å². The number of hydrogen-bond donors (Lipinski definition) is 7. The van der Waals surface area contributed by atoms with Gasteiger partial charge in [-0.15, -0.1) is 0 Å². The van der Waals surface area contributed by atoms with Gasteiger partial charge >= 0.3 is 10.4 Å². The summed E-state index contributed by atoms with van der Waals surface area (Å²) in [6, 6.07) is 0. The third kappa shape index (κ3) is 11.6. The van der Waals surface area contributed by atoms with E-state index in [1.165, 1.54) is 0 Å². The van der Waals surface area contributed by atoms with E-state index in [1.54, 1.807) is 0 Å². The highest BCUT2D eigenvalue weighted by atomic mass is 32.3. The number of rotatable bonds is 5. The number of aldehydes is 1. The van der Waals surface area contributed by atoms with Crippen molar-refractivity contribution in [2.24, 2.45) is 0 Å². The molecular formula is C6H14O10S. The minimum atomic E-state index is -4.67. The minimum Gasteiger partial charge on any atom is -0.394 e. The van der Waals surface area contributed by atoms with Crippen LogP contribution in [-0.2, 0) is 15.2 Å². The maximum absolute atomic E-state index is 9.90. The van der Waals surface area contributed by atoms with Crippen molar-refractivity contribution >= 4 is 16.7 Å². The van der Waals surface area contributed by atoms with Crippen LogP contribution in [0.25, 0.3) is 0 Å². The molecule has 0 unspecified atom stereocenters. The smallest absolute Gasteiger partial charge is 0.394 e. The molecule has 17 heavy (non-hydrogen) atoms. The SMILES string of the molecule is O=C[C@H](O)[C@@H](O)[C@@H](O)[C@H](O)CO.O=S(=O)(O)O. The number of carbonyl (C=O) groups is 1. The predicted molar refractivity (Wildman–Crippen MR) is 51.4 cm³/mol. The molecular weight excluding hydrogens is 264 g/mol. The highest BCUT2D eigenvalue weighted by molar-refractivity contribution is 7.79. The van der Waals surface area contributed by atoms with Crippen molar-refractivity contribution in [3.05, 3.63) is 0 Å². The summed E-state index contributed by atoms with van der Waals surface area (Å²) in [6.07, 6.45) is -6.84. The molecule has 11 heteroatoms. The average molecular weight is 278 g/mol. The Morgan fingerprint density at radius 3 is 1.59 bits per heavy atom. The van der Waals surface area contributed by atoms with E-state index in [0.717, 1.165) is 0 Å². The van der Waals surface area contributed by atoms with E-state index in [2.05, 4.69) is 0 Å². The second kappa shape index (κ2) is 8.43. The lowest BCUT2D eigenvalue weighted by Gasteiger charge is -2.22. The van der Waals surface area contributed by atoms with Crippen LogP contribution in [0.2, 0.25) is 0 Å². The van der Waals surface area contributed by atoms with Crippen molar-refractivity contribution in [1.29, 1.82) is 0 Å². The van der Waals surface area contributed by atoms with Crippen LogP contribution in [0.5, 0.6) is 0 Å². The molecule has 0 aromatic carbocycles. The molecule has 0 aliphatic heterocycles. The van der Waals surface area contributed by atoms with Gasteiger partial charge in [0.25, 0.3) is 0 Å². The Bertz CT molecular complexity index is 292. The first-order valence-electron chi connectivity index (χ1n) is 4.02. The van der Waals surface area contributed by atoms with Crippen LogP contribution in [0, 0.1) is 0 Å². The van der Waals surface area contributed by atoms with Gasteiger partial charge in [-0.05, 0) is 0 Å². The van der Waals surface area contributed by atoms with Crippen molar-refractivity contribution in [1.82, 2.24) is 0 Å². The van der Waals surface area contributed by atoms with Gasteiger partial charge in [0.15, 0.2) is 6.29 Å². The maximum Gasteiger partial charge on any atom is 0.394 e. The van der Waals surface area contributed by atoms with Gasteiger partial charge in [0.1, 0.15) is 24.4 Å². The lowest BCUT2D eigenvalue weighted by Crippen LogP contribution is -2.46. The monoisotopic (exact) mass is 278 g/mol. The van der Waals surface area contributed by atoms with Gasteiger partial charge in [-0.1, -0.05) is 0 Å². The molecule has 104 valence electrons. The zero-order valence-corrected chi connectivity index (χ0v) is 9.17. The molecule has 0 heterocycles. The quantitative estimate of drug-likeness (QED) is 0.192. The molecule has 0 aliphatic rings. The Morgan fingerprint density at radius 2 is 1.35 bits per heavy atom. The molecule has 7 N–H and O–H groups in total. The van der Waals surface area contributed by atoms with E-state index in [1.807, 2.05) is 0 Å². The molecule has 0 amide bonds. The third-order valence-electron chi connectivity index (χ3n) is 1.42. The number of aliphatic hydroxyl groups is 5. The Labute approximate surface area is 96.3 Å². The third-order valence-corrected chi connectivity index (χ3v) is 1.42. The van der Waals surface area contributed by atoms with Crippen LogP contribution in [0.15, 0.2) is 0 Å². The van der Waals surface area contributed by atoms with Crippen molar-refractivity contribution in [2.75, 3.05) is 6.61 Å². The number of aliphatic hydroxyl groups excluding tert-OH is 5. The molecule has 10 nitrogen and oxygen atoms in total. The molecule has 0 bridgehead atoms. The molecule has 0 saturated carbocycles. The van der Waals surface area contributed by atoms with Crippen LogP contribution in [0.4, 0.5) is 0 Å². The molecule has 0 spiro atoms. The van der Waals surface area contributed by atoms with Gasteiger partial charge < -0.3 is 30.3 Å². The highest BCUT2D eigenvalue weighted by Crippen LogP contribution is 2.02. The molecule has 0 aliphatic carbocycles. The molecule has 0 aromatic heterocycles. The van der Waals surface area contributed by atoms with Gasteiger partial charge in [0.05, 0.1) is 6.61 Å². The average Bonchev–Trinajstić information content (AvgIpc) is 2.22. The van der Waals surface area contributed by atoms with E-state index in [4.69, 9.17) is 43.1 Å². The zero-order valence-electron chi connectivity index (χ0n) is 8.36. The lowest BCUT2D eigenvalue weighted by molar-refractivity contribution is -0.136. The molecule has 4 atom stereocenters. The summed E-state index contributed by atoms with van der Waals surface area (Å²) in [5, 5.41) is 43.5. The summed E-state index contributed by atoms with van der Waals surface area (Å²) >= 11 is 0. The maximum atomic E-state index is 9.90. The van der Waals surface area contributed by atoms with E-state index in [9.17, 15) is 4.79 Å². The van der Waals surface area contributed by atoms with Crippen LogP contribution in [0.1, 0.15) is 0 Å². The molecule has 0 rings (SSSR count). The first-order chi connectivity index (χ1) is 7.54. The van der Waals surface area contributed by atoms with Crippen molar-refractivity contribution in [3.63, 3.8) is 0 Å². The van der Waals surface area contributed by atoms with E-state index >= 15 is 0 Å². The van der Waals surface area contributed by atoms with Crippen molar-refractivity contribution < 1.29 is 47.9 Å². The van der Waals surface area contributed by atoms with Crippen molar-refractivity contribution in [2.45, 2.75) is 24.4 Å². The van der Waals surface area contributed by atoms with Crippen molar-refractivity contribution in [3.8, 4) is 0 Å². The second-order valence-electron chi connectivity index (χ2n) is 2.81. The highest BCUT2D eigenvalue weighted by Gasteiger charge is 2.29. The Hall–Kier alpha value is -0.660. The fourth-order valence-electron chi connectivity index (χ4n) is 0.618. The van der Waals surface area contributed by atoms with Crippen LogP contribution in [0.3, 0.4) is 0 Å². The summed E-state index contributed by atoms with van der Waals surface area (Å²) < 4.78 is 31.6. The largest absolute Gasteiger partial charge is 0.394 e. The molecule has 0 aromatic rings. The summed E-state index contributed by atoms with van der Waals surface area (Å²) in [4.78, 5) is 9.90. The summed E-state index contributed by atoms with van der Waals surface area (Å²) in [7, 11) is -4.67. The lowest BCUT2D eigenvalue weighted by atomic mass is 10.0. The fraction of sp³-hybridized carbons (Fsp3) is 0.833. The van der Waals surface area contributed by atoms with Gasteiger partial charge in [0, 0.05) is 0 Å². The second-order valence-corrected chi connectivity index (χ2v) is 3.70. The summed E-state index contributed by atoms with van der Waals surface area (Å²) in [5.41, 5.74) is 0. The molecule has 0 saturated heterocycles. The van der Waals surface area contributed by atoms with Crippen LogP contribution >= 0.6 is 0 Å². The summed E-state index contributed by atoms with van der Waals surface area (Å²) in [6.45, 7) is -0.760. The minimum absolute atomic E-state index is 0.0258. The number of carbonyl (C=O) groups excluding carboxylic acids is 1. The topological polar surface area (TPSA) is 193 Å². The Kier molecular flexibility index (Phi) is 9.28. The summed E-state index contributed by atoms with van der Waals surface area (Å²) in [5.74, 6) is 0. The Morgan fingerprint density at radius 1 is 1.00 bits per heavy atom. The Balaban J connectivity index is 0. The van der Waals surface area contributed by atoms with E-state index in [-0.39, 0.29) is 6.29 Å². The first-order valence-corrected chi connectivity index (χ1v) is 5.42. The zero-order chi connectivity index (χ0) is 14.2. The molecule has 0 fully saturated rings. The fourth-order valence-corrected chi connectivity index (χ4v) is 0.618. The normalized spacial score (nSPS) is 18.3. The van der Waals surface area contributed by atoms with Crippen LogP contribution in [-0.4, -0.2) is 80.4 Å². The standard InChI is InChI=1S/C6H12O6.H2O4S/c7-1-3(9)5(11)6(12)4(10)2-8;1-5(2,3)4/h1,3-6,8-12H,2H2;(H2,1,2,3,4)/t3-,4+,5+,6-;/m0./s1. The molecule has 0 radical (unpaired) electrons. The van der Waals surface area contributed by atoms with Gasteiger partial charge in [-0.25, -0.2) is 0 Å². The van der Waals surface area contributed by atoms with Gasteiger partial charge in [0.2, 0.25) is 0 Å². The number of hydrogen-bond acceptors (Lipinski definition) is 8.